The lowest BCUT2D eigenvalue weighted by Crippen LogP contribution is -2.22. The van der Waals surface area contributed by atoms with Crippen molar-refractivity contribution in [1.82, 2.24) is 10.1 Å². The van der Waals surface area contributed by atoms with Crippen LogP contribution in [0.5, 0.6) is 5.75 Å². The summed E-state index contributed by atoms with van der Waals surface area (Å²) in [6, 6.07) is 11.0. The van der Waals surface area contributed by atoms with Gasteiger partial charge < -0.3 is 9.26 Å². The third-order valence-electron chi connectivity index (χ3n) is 3.98. The lowest BCUT2D eigenvalue weighted by molar-refractivity contribution is 0.239. The molecule has 0 bridgehead atoms. The van der Waals surface area contributed by atoms with E-state index >= 15 is 0 Å². The molecule has 1 aliphatic rings. The maximum Gasteiger partial charge on any atom is 0.133 e. The second-order valence-corrected chi connectivity index (χ2v) is 5.56. The number of likely N-dealkylation sites (tertiary alicyclic amines) is 1. The Morgan fingerprint density at radius 1 is 1.33 bits per heavy atom. The minimum absolute atomic E-state index is 0.470. The molecule has 1 saturated heterocycles. The largest absolute Gasteiger partial charge is 0.494 e. The number of nitrogens with zero attached hydrogens (tertiary/aromatic N) is 2. The summed E-state index contributed by atoms with van der Waals surface area (Å²) in [6.45, 7) is 6.62. The molecular weight excluding hydrogens is 264 g/mol. The summed E-state index contributed by atoms with van der Waals surface area (Å²) in [5, 5.41) is 4.11. The van der Waals surface area contributed by atoms with Gasteiger partial charge in [-0.3, -0.25) is 4.90 Å². The minimum atomic E-state index is 0.470. The molecule has 1 aromatic carbocycles. The first-order valence-electron chi connectivity index (χ1n) is 7.65. The Morgan fingerprint density at radius 2 is 2.14 bits per heavy atom. The number of hydrogen-bond donors (Lipinski definition) is 0. The maximum absolute atomic E-state index is 5.51. The molecular formula is C17H22N2O2. The summed E-state index contributed by atoms with van der Waals surface area (Å²) in [5.41, 5.74) is 2.38. The van der Waals surface area contributed by atoms with E-state index in [-0.39, 0.29) is 0 Å². The van der Waals surface area contributed by atoms with Crippen LogP contribution >= 0.6 is 0 Å². The topological polar surface area (TPSA) is 38.5 Å². The van der Waals surface area contributed by atoms with E-state index in [2.05, 4.69) is 34.3 Å². The molecule has 0 N–H and O–H groups in total. The van der Waals surface area contributed by atoms with E-state index in [1.54, 1.807) is 0 Å². The smallest absolute Gasteiger partial charge is 0.133 e. The van der Waals surface area contributed by atoms with E-state index in [0.717, 1.165) is 30.3 Å². The Labute approximate surface area is 125 Å². The molecule has 0 spiro atoms. The third kappa shape index (κ3) is 3.27. The van der Waals surface area contributed by atoms with Crippen LogP contribution in [0.15, 0.2) is 34.9 Å². The van der Waals surface area contributed by atoms with Gasteiger partial charge in [-0.2, -0.15) is 0 Å². The zero-order valence-corrected chi connectivity index (χ0v) is 12.7. The zero-order chi connectivity index (χ0) is 14.7. The van der Waals surface area contributed by atoms with Gasteiger partial charge >= 0.3 is 0 Å². The van der Waals surface area contributed by atoms with Gasteiger partial charge in [0.25, 0.3) is 0 Å². The highest BCUT2D eigenvalue weighted by Gasteiger charge is 2.26. The molecule has 1 atom stereocenters. The van der Waals surface area contributed by atoms with Gasteiger partial charge in [0.05, 0.1) is 12.3 Å². The molecule has 3 rings (SSSR count). The van der Waals surface area contributed by atoms with Crippen molar-refractivity contribution in [3.05, 3.63) is 47.3 Å². The van der Waals surface area contributed by atoms with Crippen LogP contribution in [0.3, 0.4) is 0 Å². The van der Waals surface area contributed by atoms with Gasteiger partial charge in [0, 0.05) is 18.7 Å². The fourth-order valence-corrected chi connectivity index (χ4v) is 3.05. The van der Waals surface area contributed by atoms with Crippen LogP contribution in [-0.2, 0) is 6.54 Å². The Bertz CT molecular complexity index is 577. The van der Waals surface area contributed by atoms with Crippen molar-refractivity contribution in [2.75, 3.05) is 13.2 Å². The fraction of sp³-hybridized carbons (Fsp3) is 0.471. The van der Waals surface area contributed by atoms with Crippen molar-refractivity contribution >= 4 is 0 Å². The second kappa shape index (κ2) is 6.31. The Hall–Kier alpha value is -1.81. The molecule has 0 aliphatic carbocycles. The first-order valence-corrected chi connectivity index (χ1v) is 7.65. The van der Waals surface area contributed by atoms with Crippen molar-refractivity contribution < 1.29 is 9.26 Å². The van der Waals surface area contributed by atoms with Gasteiger partial charge in [0.15, 0.2) is 0 Å². The van der Waals surface area contributed by atoms with Gasteiger partial charge in [-0.1, -0.05) is 17.3 Å². The highest BCUT2D eigenvalue weighted by atomic mass is 16.5. The Kier molecular flexibility index (Phi) is 4.25. The second-order valence-electron chi connectivity index (χ2n) is 5.56. The maximum atomic E-state index is 5.51. The number of aryl methyl sites for hydroxylation is 1. The number of ether oxygens (including phenoxy) is 1. The summed E-state index contributed by atoms with van der Waals surface area (Å²) in [5.74, 6) is 1.82. The van der Waals surface area contributed by atoms with Crippen LogP contribution in [0.4, 0.5) is 0 Å². The molecule has 4 nitrogen and oxygen atoms in total. The SMILES string of the molecule is CCOc1ccc(C2CCCN2Cc2cc(C)on2)cc1. The third-order valence-corrected chi connectivity index (χ3v) is 3.98. The van der Waals surface area contributed by atoms with E-state index in [1.807, 2.05) is 19.9 Å². The Balaban J connectivity index is 1.71. The minimum Gasteiger partial charge on any atom is -0.494 e. The molecule has 1 aliphatic heterocycles. The lowest BCUT2D eigenvalue weighted by Gasteiger charge is -2.23. The van der Waals surface area contributed by atoms with E-state index in [1.165, 1.54) is 18.4 Å². The number of hydrogen-bond acceptors (Lipinski definition) is 4. The monoisotopic (exact) mass is 286 g/mol. The van der Waals surface area contributed by atoms with Crippen LogP contribution in [-0.4, -0.2) is 23.2 Å². The lowest BCUT2D eigenvalue weighted by atomic mass is 10.0. The van der Waals surface area contributed by atoms with Gasteiger partial charge in [0.2, 0.25) is 0 Å². The van der Waals surface area contributed by atoms with E-state index in [0.29, 0.717) is 12.6 Å². The summed E-state index contributed by atoms with van der Waals surface area (Å²) >= 11 is 0. The highest BCUT2D eigenvalue weighted by molar-refractivity contribution is 5.29. The first-order chi connectivity index (χ1) is 10.3. The number of benzene rings is 1. The van der Waals surface area contributed by atoms with Gasteiger partial charge in [0.1, 0.15) is 11.5 Å². The van der Waals surface area contributed by atoms with Crippen LogP contribution in [0.1, 0.15) is 42.8 Å². The van der Waals surface area contributed by atoms with Crippen LogP contribution in [0.2, 0.25) is 0 Å². The zero-order valence-electron chi connectivity index (χ0n) is 12.7. The van der Waals surface area contributed by atoms with Crippen LogP contribution in [0, 0.1) is 6.92 Å². The van der Waals surface area contributed by atoms with Crippen molar-refractivity contribution in [1.29, 1.82) is 0 Å². The van der Waals surface area contributed by atoms with Crippen molar-refractivity contribution in [2.45, 2.75) is 39.3 Å². The standard InChI is InChI=1S/C17H22N2O2/c1-3-20-16-8-6-14(7-9-16)17-5-4-10-19(17)12-15-11-13(2)21-18-15/h6-9,11,17H,3-5,10,12H2,1-2H3. The van der Waals surface area contributed by atoms with Crippen molar-refractivity contribution in [2.24, 2.45) is 0 Å². The summed E-state index contributed by atoms with van der Waals surface area (Å²) in [4.78, 5) is 2.48. The molecule has 1 unspecified atom stereocenters. The predicted molar refractivity (Wildman–Crippen MR) is 81.2 cm³/mol. The van der Waals surface area contributed by atoms with Crippen LogP contribution < -0.4 is 4.74 Å². The highest BCUT2D eigenvalue weighted by Crippen LogP contribution is 2.33. The molecule has 112 valence electrons. The molecule has 1 aromatic heterocycles. The Morgan fingerprint density at radius 3 is 2.81 bits per heavy atom. The summed E-state index contributed by atoms with van der Waals surface area (Å²) in [6.07, 6.45) is 2.43. The van der Waals surface area contributed by atoms with E-state index < -0.39 is 0 Å². The first kappa shape index (κ1) is 14.1. The quantitative estimate of drug-likeness (QED) is 0.839. The van der Waals surface area contributed by atoms with E-state index in [4.69, 9.17) is 9.26 Å². The normalized spacial score (nSPS) is 19.0. The van der Waals surface area contributed by atoms with Crippen LogP contribution in [0.25, 0.3) is 0 Å². The number of aromatic nitrogens is 1. The molecule has 2 heterocycles. The molecule has 0 saturated carbocycles. The van der Waals surface area contributed by atoms with Gasteiger partial charge in [-0.25, -0.2) is 0 Å². The van der Waals surface area contributed by atoms with Gasteiger partial charge in [-0.05, 0) is 50.9 Å². The average molecular weight is 286 g/mol. The molecule has 21 heavy (non-hydrogen) atoms. The number of rotatable bonds is 5. The molecule has 4 heteroatoms. The molecule has 2 aromatic rings. The van der Waals surface area contributed by atoms with E-state index in [9.17, 15) is 0 Å². The summed E-state index contributed by atoms with van der Waals surface area (Å²) < 4.78 is 10.7. The predicted octanol–water partition coefficient (Wildman–Crippen LogP) is 3.72. The molecule has 0 amide bonds. The summed E-state index contributed by atoms with van der Waals surface area (Å²) in [7, 11) is 0. The van der Waals surface area contributed by atoms with Crippen molar-refractivity contribution in [3.8, 4) is 5.75 Å². The average Bonchev–Trinajstić information content (AvgIpc) is 3.10. The molecule has 0 radical (unpaired) electrons. The molecule has 1 fully saturated rings. The fourth-order valence-electron chi connectivity index (χ4n) is 3.05. The van der Waals surface area contributed by atoms with Gasteiger partial charge in [-0.15, -0.1) is 0 Å². The van der Waals surface area contributed by atoms with Crippen molar-refractivity contribution in [3.63, 3.8) is 0 Å².